The second kappa shape index (κ2) is 8.00. The van der Waals surface area contributed by atoms with E-state index < -0.39 is 5.97 Å². The van der Waals surface area contributed by atoms with Crippen LogP contribution in [0.25, 0.3) is 0 Å². The summed E-state index contributed by atoms with van der Waals surface area (Å²) in [5, 5.41) is 11.7. The molecule has 1 saturated heterocycles. The van der Waals surface area contributed by atoms with Crippen molar-refractivity contribution in [3.8, 4) is 0 Å². The highest BCUT2D eigenvalue weighted by Gasteiger charge is 2.39. The van der Waals surface area contributed by atoms with Crippen LogP contribution in [0, 0.1) is 0 Å². The monoisotopic (exact) mass is 345 g/mol. The molecule has 1 spiro atoms. The fourth-order valence-electron chi connectivity index (χ4n) is 4.04. The van der Waals surface area contributed by atoms with Crippen LogP contribution in [0.5, 0.6) is 0 Å². The van der Waals surface area contributed by atoms with Gasteiger partial charge in [-0.1, -0.05) is 37.8 Å². The van der Waals surface area contributed by atoms with E-state index in [-0.39, 0.29) is 24.0 Å². The third-order valence-electron chi connectivity index (χ3n) is 5.42. The molecule has 1 unspecified atom stereocenters. The van der Waals surface area contributed by atoms with Gasteiger partial charge in [-0.15, -0.1) is 0 Å². The van der Waals surface area contributed by atoms with E-state index in [0.717, 1.165) is 25.7 Å². The van der Waals surface area contributed by atoms with Crippen molar-refractivity contribution < 1.29 is 19.4 Å². The Balaban J connectivity index is 1.48. The number of nitrogens with one attached hydrogen (secondary N) is 1. The van der Waals surface area contributed by atoms with E-state index in [1.807, 2.05) is 0 Å². The van der Waals surface area contributed by atoms with Gasteiger partial charge >= 0.3 is 5.97 Å². The first kappa shape index (κ1) is 17.9. The van der Waals surface area contributed by atoms with Crippen molar-refractivity contribution in [1.29, 1.82) is 0 Å². The lowest BCUT2D eigenvalue weighted by atomic mass is 9.91. The number of hydrogen-bond acceptors (Lipinski definition) is 3. The molecule has 2 fully saturated rings. The molecule has 1 aromatic carbocycles. The molecule has 1 aliphatic heterocycles. The molecule has 136 valence electrons. The predicted octanol–water partition coefficient (Wildman–Crippen LogP) is 3.32. The summed E-state index contributed by atoms with van der Waals surface area (Å²) in [6, 6.07) is 6.73. The number of rotatable bonds is 5. The summed E-state index contributed by atoms with van der Waals surface area (Å²) in [6.07, 6.45) is 9.63. The van der Waals surface area contributed by atoms with Gasteiger partial charge in [0, 0.05) is 12.1 Å². The number of benzene rings is 1. The average Bonchev–Trinajstić information content (AvgIpc) is 2.84. The Bertz CT molecular complexity index is 603. The molecule has 2 aliphatic rings. The Labute approximate surface area is 148 Å². The minimum atomic E-state index is -0.872. The van der Waals surface area contributed by atoms with E-state index in [2.05, 4.69) is 5.32 Å². The average molecular weight is 345 g/mol. The zero-order valence-electron chi connectivity index (χ0n) is 14.6. The van der Waals surface area contributed by atoms with Crippen LogP contribution < -0.4 is 5.32 Å². The molecule has 5 heteroatoms. The first-order chi connectivity index (χ1) is 12.1. The molecule has 1 amide bonds. The second-order valence-corrected chi connectivity index (χ2v) is 7.35. The second-order valence-electron chi connectivity index (χ2n) is 7.35. The third-order valence-corrected chi connectivity index (χ3v) is 5.42. The van der Waals surface area contributed by atoms with E-state index in [1.165, 1.54) is 25.7 Å². The maximum absolute atomic E-state index is 12.3. The summed E-state index contributed by atoms with van der Waals surface area (Å²) in [5.41, 5.74) is 1.31. The minimum absolute atomic E-state index is 0.0279. The molecule has 0 bridgehead atoms. The van der Waals surface area contributed by atoms with Crippen LogP contribution in [0.2, 0.25) is 0 Å². The highest BCUT2D eigenvalue weighted by atomic mass is 16.5. The van der Waals surface area contributed by atoms with Gasteiger partial charge in [0.1, 0.15) is 0 Å². The molecule has 2 N–H and O–H groups in total. The summed E-state index contributed by atoms with van der Waals surface area (Å²) in [5.74, 6) is -1.00. The topological polar surface area (TPSA) is 75.6 Å². The number of carbonyl (C=O) groups excluding carboxylic acids is 1. The van der Waals surface area contributed by atoms with Gasteiger partial charge in [0.15, 0.2) is 0 Å². The number of carbonyl (C=O) groups is 2. The fraction of sp³-hybridized carbons (Fsp3) is 0.600. The van der Waals surface area contributed by atoms with Gasteiger partial charge < -0.3 is 15.2 Å². The Hall–Kier alpha value is -1.88. The molecule has 1 aromatic rings. The van der Waals surface area contributed by atoms with Crippen molar-refractivity contribution in [3.05, 3.63) is 35.4 Å². The summed E-state index contributed by atoms with van der Waals surface area (Å²) >= 11 is 0. The van der Waals surface area contributed by atoms with Crippen LogP contribution in [-0.4, -0.2) is 35.2 Å². The summed E-state index contributed by atoms with van der Waals surface area (Å²) < 4.78 is 6.34. The fourth-order valence-corrected chi connectivity index (χ4v) is 4.04. The maximum Gasteiger partial charge on any atom is 0.307 e. The van der Waals surface area contributed by atoms with Crippen LogP contribution in [0.1, 0.15) is 67.3 Å². The molecule has 25 heavy (non-hydrogen) atoms. The highest BCUT2D eigenvalue weighted by molar-refractivity contribution is 5.94. The van der Waals surface area contributed by atoms with Gasteiger partial charge in [-0.3, -0.25) is 9.59 Å². The van der Waals surface area contributed by atoms with Crippen molar-refractivity contribution in [2.24, 2.45) is 0 Å². The zero-order chi connectivity index (χ0) is 17.7. The molecular formula is C20H27NO4. The summed E-state index contributed by atoms with van der Waals surface area (Å²) in [4.78, 5) is 23.0. The van der Waals surface area contributed by atoms with Crippen LogP contribution in [-0.2, 0) is 16.0 Å². The molecule has 1 saturated carbocycles. The van der Waals surface area contributed by atoms with Crippen LogP contribution in [0.4, 0.5) is 0 Å². The Morgan fingerprint density at radius 2 is 1.76 bits per heavy atom. The standard InChI is InChI=1S/C20H27NO4/c22-18(23)13-15-5-7-16(8-6-15)19(24)21-14-17-9-12-20(25-17)10-3-1-2-4-11-20/h5-8,17H,1-4,9-14H2,(H,21,24)(H,22,23). The quantitative estimate of drug-likeness (QED) is 0.858. The normalized spacial score (nSPS) is 22.5. The van der Waals surface area contributed by atoms with Gasteiger partial charge in [-0.25, -0.2) is 0 Å². The van der Waals surface area contributed by atoms with Crippen LogP contribution in [0.15, 0.2) is 24.3 Å². The highest BCUT2D eigenvalue weighted by Crippen LogP contribution is 2.40. The molecule has 5 nitrogen and oxygen atoms in total. The zero-order valence-corrected chi connectivity index (χ0v) is 14.6. The molecule has 0 radical (unpaired) electrons. The number of carboxylic acids is 1. The Morgan fingerprint density at radius 3 is 2.40 bits per heavy atom. The van der Waals surface area contributed by atoms with Crippen molar-refractivity contribution in [1.82, 2.24) is 5.32 Å². The van der Waals surface area contributed by atoms with Gasteiger partial charge in [0.2, 0.25) is 0 Å². The lowest BCUT2D eigenvalue weighted by molar-refractivity contribution is -0.136. The number of ether oxygens (including phenoxy) is 1. The summed E-state index contributed by atoms with van der Waals surface area (Å²) in [7, 11) is 0. The molecule has 1 aliphatic carbocycles. The maximum atomic E-state index is 12.3. The molecular weight excluding hydrogens is 318 g/mol. The van der Waals surface area contributed by atoms with E-state index in [9.17, 15) is 9.59 Å². The summed E-state index contributed by atoms with van der Waals surface area (Å²) in [6.45, 7) is 0.539. The van der Waals surface area contributed by atoms with Crippen LogP contribution >= 0.6 is 0 Å². The number of aliphatic carboxylic acids is 1. The first-order valence-electron chi connectivity index (χ1n) is 9.33. The molecule has 0 aromatic heterocycles. The smallest absolute Gasteiger partial charge is 0.307 e. The Kier molecular flexibility index (Phi) is 5.74. The van der Waals surface area contributed by atoms with Crippen molar-refractivity contribution in [3.63, 3.8) is 0 Å². The molecule has 3 rings (SSSR count). The van der Waals surface area contributed by atoms with Gasteiger partial charge in [0.05, 0.1) is 18.1 Å². The largest absolute Gasteiger partial charge is 0.481 e. The lowest BCUT2D eigenvalue weighted by Crippen LogP contribution is -2.35. The van der Waals surface area contributed by atoms with Gasteiger partial charge in [0.25, 0.3) is 5.91 Å². The number of carboxylic acid groups (broad SMARTS) is 1. The van der Waals surface area contributed by atoms with E-state index >= 15 is 0 Å². The minimum Gasteiger partial charge on any atom is -0.481 e. The molecule has 1 heterocycles. The van der Waals surface area contributed by atoms with E-state index in [4.69, 9.17) is 9.84 Å². The Morgan fingerprint density at radius 1 is 1.08 bits per heavy atom. The van der Waals surface area contributed by atoms with Gasteiger partial charge in [-0.2, -0.15) is 0 Å². The van der Waals surface area contributed by atoms with Crippen LogP contribution in [0.3, 0.4) is 0 Å². The first-order valence-corrected chi connectivity index (χ1v) is 9.33. The van der Waals surface area contributed by atoms with E-state index in [1.54, 1.807) is 24.3 Å². The van der Waals surface area contributed by atoms with E-state index in [0.29, 0.717) is 17.7 Å². The number of amides is 1. The third kappa shape index (κ3) is 4.82. The van der Waals surface area contributed by atoms with Crippen molar-refractivity contribution in [2.45, 2.75) is 69.5 Å². The lowest BCUT2D eigenvalue weighted by Gasteiger charge is -2.28. The molecule has 1 atom stereocenters. The predicted molar refractivity (Wildman–Crippen MR) is 94.7 cm³/mol. The van der Waals surface area contributed by atoms with Crippen molar-refractivity contribution >= 4 is 11.9 Å². The van der Waals surface area contributed by atoms with Gasteiger partial charge in [-0.05, 0) is 43.4 Å². The number of hydrogen-bond donors (Lipinski definition) is 2. The SMILES string of the molecule is O=C(O)Cc1ccc(C(=O)NCC2CCC3(CCCCCC3)O2)cc1. The van der Waals surface area contributed by atoms with Crippen molar-refractivity contribution in [2.75, 3.05) is 6.54 Å².